The van der Waals surface area contributed by atoms with Crippen molar-refractivity contribution in [2.75, 3.05) is 13.2 Å². The van der Waals surface area contributed by atoms with Crippen LogP contribution in [0.25, 0.3) is 0 Å². The van der Waals surface area contributed by atoms with E-state index < -0.39 is 6.04 Å². The molecule has 1 aromatic rings. The summed E-state index contributed by atoms with van der Waals surface area (Å²) in [6.07, 6.45) is 1.70. The molecule has 1 rings (SSSR count). The smallest absolute Gasteiger partial charge is 0.339 e. The molecule has 0 aromatic carbocycles. The van der Waals surface area contributed by atoms with Crippen LogP contribution in [-0.2, 0) is 14.3 Å². The van der Waals surface area contributed by atoms with Gasteiger partial charge in [-0.05, 0) is 33.8 Å². The van der Waals surface area contributed by atoms with Gasteiger partial charge in [0, 0.05) is 11.9 Å². The third-order valence-corrected chi connectivity index (χ3v) is 2.72. The van der Waals surface area contributed by atoms with Gasteiger partial charge < -0.3 is 14.0 Å². The summed E-state index contributed by atoms with van der Waals surface area (Å²) in [7, 11) is 0. The second-order valence-corrected chi connectivity index (χ2v) is 3.87. The minimum absolute atomic E-state index is 0.313. The van der Waals surface area contributed by atoms with Crippen LogP contribution >= 0.6 is 0 Å². The van der Waals surface area contributed by atoms with Crippen LogP contribution in [0.3, 0.4) is 0 Å². The molecule has 5 nitrogen and oxygen atoms in total. The van der Waals surface area contributed by atoms with E-state index in [9.17, 15) is 9.59 Å². The second kappa shape index (κ2) is 6.23. The molecule has 0 spiro atoms. The van der Waals surface area contributed by atoms with Crippen LogP contribution in [-0.4, -0.2) is 29.7 Å². The molecule has 0 N–H and O–H groups in total. The number of rotatable bonds is 5. The molecule has 0 fully saturated rings. The fourth-order valence-electron chi connectivity index (χ4n) is 1.75. The van der Waals surface area contributed by atoms with Gasteiger partial charge in [-0.15, -0.1) is 0 Å². The van der Waals surface area contributed by atoms with Crippen molar-refractivity contribution < 1.29 is 19.1 Å². The van der Waals surface area contributed by atoms with E-state index in [1.807, 2.05) is 0 Å². The van der Waals surface area contributed by atoms with E-state index in [1.54, 1.807) is 44.5 Å². The van der Waals surface area contributed by atoms with Gasteiger partial charge in [0.15, 0.2) is 0 Å². The van der Waals surface area contributed by atoms with E-state index in [0.29, 0.717) is 24.5 Å². The fourth-order valence-corrected chi connectivity index (χ4v) is 1.75. The lowest BCUT2D eigenvalue weighted by Crippen LogP contribution is -2.20. The summed E-state index contributed by atoms with van der Waals surface area (Å²) >= 11 is 0. The highest BCUT2D eigenvalue weighted by atomic mass is 16.5. The first-order valence-electron chi connectivity index (χ1n) is 6.04. The summed E-state index contributed by atoms with van der Waals surface area (Å²) in [6.45, 7) is 7.70. The van der Waals surface area contributed by atoms with Crippen LogP contribution in [0.1, 0.15) is 42.9 Å². The first-order valence-corrected chi connectivity index (χ1v) is 6.04. The monoisotopic (exact) mass is 253 g/mol. The number of hydrogen-bond donors (Lipinski definition) is 0. The maximum Gasteiger partial charge on any atom is 0.339 e. The molecule has 0 aliphatic carbocycles. The minimum Gasteiger partial charge on any atom is -0.464 e. The first kappa shape index (κ1) is 14.3. The summed E-state index contributed by atoms with van der Waals surface area (Å²) in [6, 6.07) is 1.20. The minimum atomic E-state index is -0.451. The van der Waals surface area contributed by atoms with Crippen LogP contribution < -0.4 is 0 Å². The highest BCUT2D eigenvalue weighted by Crippen LogP contribution is 2.18. The Bertz CT molecular complexity index is 436. The highest BCUT2D eigenvalue weighted by Gasteiger charge is 2.21. The number of carbonyl (C=O) groups is 2. The predicted octanol–water partition coefficient (Wildman–Crippen LogP) is 2.10. The Morgan fingerprint density at radius 2 is 1.89 bits per heavy atom. The van der Waals surface area contributed by atoms with Crippen molar-refractivity contribution in [3.63, 3.8) is 0 Å². The summed E-state index contributed by atoms with van der Waals surface area (Å²) < 4.78 is 11.6. The lowest BCUT2D eigenvalue weighted by atomic mass is 10.2. The van der Waals surface area contributed by atoms with E-state index in [4.69, 9.17) is 9.47 Å². The molecule has 1 atom stereocenters. The molecule has 1 unspecified atom stereocenters. The van der Waals surface area contributed by atoms with E-state index in [1.165, 1.54) is 0 Å². The quantitative estimate of drug-likeness (QED) is 0.754. The van der Waals surface area contributed by atoms with Gasteiger partial charge in [0.25, 0.3) is 0 Å². The molecule has 0 saturated heterocycles. The van der Waals surface area contributed by atoms with Crippen molar-refractivity contribution in [3.8, 4) is 0 Å². The molecule has 0 aliphatic rings. The largest absolute Gasteiger partial charge is 0.464 e. The van der Waals surface area contributed by atoms with Crippen LogP contribution in [0.5, 0.6) is 0 Å². The number of hydrogen-bond acceptors (Lipinski definition) is 4. The lowest BCUT2D eigenvalue weighted by Gasteiger charge is -2.14. The molecule has 0 amide bonds. The van der Waals surface area contributed by atoms with Gasteiger partial charge in [-0.2, -0.15) is 0 Å². The Balaban J connectivity index is 2.92. The third kappa shape index (κ3) is 2.91. The van der Waals surface area contributed by atoms with Gasteiger partial charge in [0.05, 0.1) is 18.8 Å². The molecule has 0 aliphatic heterocycles. The van der Waals surface area contributed by atoms with Gasteiger partial charge in [-0.25, -0.2) is 9.59 Å². The van der Waals surface area contributed by atoms with Crippen molar-refractivity contribution >= 4 is 11.9 Å². The molecular weight excluding hydrogens is 234 g/mol. The van der Waals surface area contributed by atoms with Crippen LogP contribution in [0.2, 0.25) is 0 Å². The summed E-state index contributed by atoms with van der Waals surface area (Å²) in [5.74, 6) is -0.684. The molecule has 1 aromatic heterocycles. The van der Waals surface area contributed by atoms with Crippen LogP contribution in [0, 0.1) is 6.92 Å². The molecular formula is C13H19NO4. The molecule has 0 bridgehead atoms. The van der Waals surface area contributed by atoms with Crippen LogP contribution in [0.4, 0.5) is 0 Å². The number of esters is 2. The maximum atomic E-state index is 11.6. The molecule has 18 heavy (non-hydrogen) atoms. The predicted molar refractivity (Wildman–Crippen MR) is 66.5 cm³/mol. The zero-order chi connectivity index (χ0) is 13.7. The average Bonchev–Trinajstić information content (AvgIpc) is 2.71. The summed E-state index contributed by atoms with van der Waals surface area (Å²) in [5.41, 5.74) is 1.18. The van der Waals surface area contributed by atoms with Crippen molar-refractivity contribution in [2.24, 2.45) is 0 Å². The third-order valence-electron chi connectivity index (χ3n) is 2.72. The van der Waals surface area contributed by atoms with Gasteiger partial charge in [0.1, 0.15) is 6.04 Å². The Labute approximate surface area is 107 Å². The zero-order valence-electron chi connectivity index (χ0n) is 11.2. The summed E-state index contributed by atoms with van der Waals surface area (Å²) in [5, 5.41) is 0. The number of nitrogens with zero attached hydrogens (tertiary/aromatic N) is 1. The number of ether oxygens (including phenoxy) is 2. The van der Waals surface area contributed by atoms with Crippen molar-refractivity contribution in [3.05, 3.63) is 23.5 Å². The maximum absolute atomic E-state index is 11.6. The van der Waals surface area contributed by atoms with E-state index in [0.717, 1.165) is 0 Å². The topological polar surface area (TPSA) is 57.5 Å². The molecule has 100 valence electrons. The van der Waals surface area contributed by atoms with Crippen molar-refractivity contribution in [1.82, 2.24) is 4.57 Å². The van der Waals surface area contributed by atoms with Gasteiger partial charge in [-0.3, -0.25) is 0 Å². The average molecular weight is 253 g/mol. The van der Waals surface area contributed by atoms with Crippen LogP contribution in [0.15, 0.2) is 12.3 Å². The van der Waals surface area contributed by atoms with Gasteiger partial charge in [-0.1, -0.05) is 0 Å². The normalized spacial score (nSPS) is 12.0. The Morgan fingerprint density at radius 3 is 2.44 bits per heavy atom. The van der Waals surface area contributed by atoms with Crippen molar-refractivity contribution in [2.45, 2.75) is 33.7 Å². The fraction of sp³-hybridized carbons (Fsp3) is 0.538. The second-order valence-electron chi connectivity index (χ2n) is 3.87. The Kier molecular flexibility index (Phi) is 4.95. The van der Waals surface area contributed by atoms with E-state index in [-0.39, 0.29) is 11.9 Å². The van der Waals surface area contributed by atoms with E-state index >= 15 is 0 Å². The SMILES string of the molecule is CCOC(=O)c1ccn(C(C)C(=O)OCC)c1C. The first-order chi connectivity index (χ1) is 8.52. The summed E-state index contributed by atoms with van der Waals surface area (Å²) in [4.78, 5) is 23.3. The Morgan fingerprint density at radius 1 is 1.28 bits per heavy atom. The molecule has 1 heterocycles. The Hall–Kier alpha value is -1.78. The van der Waals surface area contributed by atoms with Gasteiger partial charge >= 0.3 is 11.9 Å². The molecule has 5 heteroatoms. The van der Waals surface area contributed by atoms with Gasteiger partial charge in [0.2, 0.25) is 0 Å². The molecule has 0 saturated carbocycles. The molecule has 0 radical (unpaired) electrons. The number of carbonyl (C=O) groups excluding carboxylic acids is 2. The van der Waals surface area contributed by atoms with E-state index in [2.05, 4.69) is 0 Å². The van der Waals surface area contributed by atoms with Crippen molar-refractivity contribution in [1.29, 1.82) is 0 Å². The standard InChI is InChI=1S/C13H19NO4/c1-5-17-12(15)10(4)14-8-7-11(9(14)3)13(16)18-6-2/h7-8,10H,5-6H2,1-4H3. The zero-order valence-corrected chi connectivity index (χ0v) is 11.2. The number of aromatic nitrogens is 1. The lowest BCUT2D eigenvalue weighted by molar-refractivity contribution is -0.146. The highest BCUT2D eigenvalue weighted by molar-refractivity contribution is 5.91.